The van der Waals surface area contributed by atoms with E-state index in [-0.39, 0.29) is 11.2 Å². The Hall–Kier alpha value is -0.150. The van der Waals surface area contributed by atoms with E-state index in [1.807, 2.05) is 26.0 Å². The van der Waals surface area contributed by atoms with Crippen LogP contribution in [-0.2, 0) is 10.7 Å². The van der Waals surface area contributed by atoms with Crippen LogP contribution in [0, 0.1) is 0 Å². The first-order valence-corrected chi connectivity index (χ1v) is 7.04. The minimum absolute atomic E-state index is 0.0854. The molecule has 0 fully saturated rings. The fraction of sp³-hybridized carbons (Fsp3) is 0.538. The first-order chi connectivity index (χ1) is 7.36. The summed E-state index contributed by atoms with van der Waals surface area (Å²) in [5.41, 5.74) is 2.17. The second-order valence-electron chi connectivity index (χ2n) is 4.39. The Balaban J connectivity index is 0.00000106. The third kappa shape index (κ3) is 4.02. The van der Waals surface area contributed by atoms with Gasteiger partial charge in [0.05, 0.1) is 0 Å². The van der Waals surface area contributed by atoms with Crippen LogP contribution < -0.4 is 0 Å². The van der Waals surface area contributed by atoms with Crippen LogP contribution in [0.4, 0.5) is 0 Å². The Kier molecular flexibility index (Phi) is 6.49. The summed E-state index contributed by atoms with van der Waals surface area (Å²) < 4.78 is 0. The van der Waals surface area contributed by atoms with Crippen molar-refractivity contribution in [2.75, 3.05) is 0 Å². The van der Waals surface area contributed by atoms with E-state index in [2.05, 4.69) is 49.3 Å². The Morgan fingerprint density at radius 1 is 1.25 bits per heavy atom. The number of phenolic OH excluding ortho intramolecular Hbond substituents is 1. The van der Waals surface area contributed by atoms with Gasteiger partial charge in [0.1, 0.15) is 5.75 Å². The van der Waals surface area contributed by atoms with Crippen LogP contribution in [0.5, 0.6) is 5.75 Å². The fourth-order valence-electron chi connectivity index (χ4n) is 1.21. The van der Waals surface area contributed by atoms with E-state index >= 15 is 0 Å². The molecule has 0 atom stereocenters. The van der Waals surface area contributed by atoms with Crippen LogP contribution in [0.15, 0.2) is 17.0 Å². The van der Waals surface area contributed by atoms with Crippen molar-refractivity contribution in [2.45, 2.75) is 50.3 Å². The fourth-order valence-corrected chi connectivity index (χ4v) is 1.92. The second-order valence-corrected chi connectivity index (χ2v) is 5.43. The molecule has 0 spiro atoms. The topological polar surface area (TPSA) is 20.2 Å². The summed E-state index contributed by atoms with van der Waals surface area (Å²) in [5, 5.41) is 10.3. The molecule has 1 aromatic rings. The van der Waals surface area contributed by atoms with Gasteiger partial charge < -0.3 is 5.11 Å². The number of aromatic hydroxyl groups is 1. The van der Waals surface area contributed by atoms with Gasteiger partial charge in [0.25, 0.3) is 0 Å². The zero-order valence-corrected chi connectivity index (χ0v) is 13.1. The molecule has 1 rings (SSSR count). The molecule has 1 nitrogen and oxygen atoms in total. The highest BCUT2D eigenvalue weighted by Crippen LogP contribution is 2.33. The normalized spacial score (nSPS) is 10.7. The van der Waals surface area contributed by atoms with Crippen LogP contribution in [0.1, 0.15) is 45.7 Å². The molecule has 0 saturated heterocycles. The molecule has 3 heteroatoms. The number of thiol groups is 1. The monoisotopic (exact) mass is 304 g/mol. The maximum atomic E-state index is 9.68. The van der Waals surface area contributed by atoms with Gasteiger partial charge in [0.15, 0.2) is 0 Å². The summed E-state index contributed by atoms with van der Waals surface area (Å²) >= 11 is 7.60. The van der Waals surface area contributed by atoms with Gasteiger partial charge in [-0.1, -0.05) is 56.6 Å². The molecule has 0 unspecified atom stereocenters. The van der Waals surface area contributed by atoms with Gasteiger partial charge in [-0.15, -0.1) is 12.6 Å². The Bertz CT molecular complexity index is 343. The van der Waals surface area contributed by atoms with Crippen LogP contribution in [-0.4, -0.2) is 5.11 Å². The Morgan fingerprint density at radius 2 is 1.75 bits per heavy atom. The molecule has 0 saturated carbocycles. The summed E-state index contributed by atoms with van der Waals surface area (Å²) in [7, 11) is 0. The smallest absolute Gasteiger partial charge is 0.132 e. The lowest BCUT2D eigenvalue weighted by molar-refractivity contribution is 0.456. The molecule has 0 radical (unpaired) electrons. The zero-order valence-electron chi connectivity index (χ0n) is 10.6. The molecule has 0 amide bonds. The van der Waals surface area contributed by atoms with E-state index in [0.29, 0.717) is 10.2 Å². The molecule has 16 heavy (non-hydrogen) atoms. The summed E-state index contributed by atoms with van der Waals surface area (Å²) in [6, 6.07) is 3.94. The number of phenols is 1. The van der Waals surface area contributed by atoms with Crippen LogP contribution >= 0.6 is 28.6 Å². The molecule has 1 N–H and O–H groups in total. The van der Waals surface area contributed by atoms with Crippen LogP contribution in [0.3, 0.4) is 0 Å². The average molecular weight is 305 g/mol. The van der Waals surface area contributed by atoms with Gasteiger partial charge in [0, 0.05) is 15.8 Å². The van der Waals surface area contributed by atoms with Gasteiger partial charge in [-0.25, -0.2) is 0 Å². The Labute approximate surface area is 113 Å². The van der Waals surface area contributed by atoms with E-state index in [0.717, 1.165) is 5.56 Å². The largest absolute Gasteiger partial charge is 0.506 e. The van der Waals surface area contributed by atoms with Crippen molar-refractivity contribution in [3.63, 3.8) is 0 Å². The molecule has 0 aliphatic heterocycles. The highest BCUT2D eigenvalue weighted by molar-refractivity contribution is 9.08. The number of hydrogen-bond donors (Lipinski definition) is 2. The molecule has 0 aromatic heterocycles. The minimum Gasteiger partial charge on any atom is -0.506 e. The SMILES string of the molecule is CC.CC(C)(C)c1cc(S)c(O)c(CBr)c1. The molecule has 1 aromatic carbocycles. The molecular formula is C13H21BrOS. The van der Waals surface area contributed by atoms with E-state index in [9.17, 15) is 5.11 Å². The summed E-state index contributed by atoms with van der Waals surface area (Å²) in [6.45, 7) is 10.4. The van der Waals surface area contributed by atoms with Gasteiger partial charge >= 0.3 is 0 Å². The second kappa shape index (κ2) is 6.55. The maximum Gasteiger partial charge on any atom is 0.132 e. The van der Waals surface area contributed by atoms with E-state index in [4.69, 9.17) is 0 Å². The molecule has 0 aliphatic carbocycles. The number of rotatable bonds is 1. The number of alkyl halides is 1. The van der Waals surface area contributed by atoms with E-state index in [1.54, 1.807) is 0 Å². The lowest BCUT2D eigenvalue weighted by Gasteiger charge is -2.21. The van der Waals surface area contributed by atoms with Crippen molar-refractivity contribution in [3.05, 3.63) is 23.3 Å². The lowest BCUT2D eigenvalue weighted by atomic mass is 9.86. The molecule has 0 heterocycles. The van der Waals surface area contributed by atoms with Crippen molar-refractivity contribution in [3.8, 4) is 5.75 Å². The van der Waals surface area contributed by atoms with Crippen molar-refractivity contribution in [1.82, 2.24) is 0 Å². The average Bonchev–Trinajstić information content (AvgIpc) is 2.23. The zero-order chi connectivity index (χ0) is 12.9. The van der Waals surface area contributed by atoms with Gasteiger partial charge in [-0.05, 0) is 17.0 Å². The van der Waals surface area contributed by atoms with E-state index in [1.165, 1.54) is 5.56 Å². The van der Waals surface area contributed by atoms with Crippen LogP contribution in [0.25, 0.3) is 0 Å². The van der Waals surface area contributed by atoms with Gasteiger partial charge in [0.2, 0.25) is 0 Å². The number of hydrogen-bond acceptors (Lipinski definition) is 2. The Morgan fingerprint density at radius 3 is 2.12 bits per heavy atom. The highest BCUT2D eigenvalue weighted by Gasteiger charge is 2.17. The first kappa shape index (κ1) is 15.9. The number of benzene rings is 1. The third-order valence-electron chi connectivity index (χ3n) is 2.18. The summed E-state index contributed by atoms with van der Waals surface area (Å²) in [6.07, 6.45) is 0. The standard InChI is InChI=1S/C11H15BrOS.C2H6/c1-11(2,3)8-4-7(6-12)10(13)9(14)5-8;1-2/h4-5,13-14H,6H2,1-3H3;1-2H3. The maximum absolute atomic E-state index is 9.68. The van der Waals surface area contributed by atoms with Crippen molar-refractivity contribution in [1.29, 1.82) is 0 Å². The molecule has 0 bridgehead atoms. The van der Waals surface area contributed by atoms with Crippen molar-refractivity contribution in [2.24, 2.45) is 0 Å². The third-order valence-corrected chi connectivity index (χ3v) is 3.12. The van der Waals surface area contributed by atoms with E-state index < -0.39 is 0 Å². The highest BCUT2D eigenvalue weighted by atomic mass is 79.9. The first-order valence-electron chi connectivity index (χ1n) is 5.47. The predicted molar refractivity (Wildman–Crippen MR) is 78.0 cm³/mol. The predicted octanol–water partition coefficient (Wildman–Crippen LogP) is 4.90. The van der Waals surface area contributed by atoms with Gasteiger partial charge in [-0.2, -0.15) is 0 Å². The molecule has 0 aliphatic rings. The van der Waals surface area contributed by atoms with Crippen molar-refractivity contribution >= 4 is 28.6 Å². The lowest BCUT2D eigenvalue weighted by Crippen LogP contribution is -2.11. The quantitative estimate of drug-likeness (QED) is 0.558. The summed E-state index contributed by atoms with van der Waals surface area (Å²) in [4.78, 5) is 0.645. The molecular weight excluding hydrogens is 284 g/mol. The summed E-state index contributed by atoms with van der Waals surface area (Å²) in [5.74, 6) is 0.276. The number of halogens is 1. The van der Waals surface area contributed by atoms with Crippen molar-refractivity contribution < 1.29 is 5.11 Å². The minimum atomic E-state index is 0.0854. The van der Waals surface area contributed by atoms with Gasteiger partial charge in [-0.3, -0.25) is 0 Å². The van der Waals surface area contributed by atoms with Crippen LogP contribution in [0.2, 0.25) is 0 Å². The molecule has 92 valence electrons.